The zero-order valence-corrected chi connectivity index (χ0v) is 16.8. The van der Waals surface area contributed by atoms with Crippen LogP contribution in [0.1, 0.15) is 30.1 Å². The van der Waals surface area contributed by atoms with Crippen LogP contribution in [0.3, 0.4) is 0 Å². The van der Waals surface area contributed by atoms with Crippen LogP contribution >= 0.6 is 0 Å². The summed E-state index contributed by atoms with van der Waals surface area (Å²) in [6.45, 7) is 4.79. The minimum Gasteiger partial charge on any atom is -0.347 e. The van der Waals surface area contributed by atoms with Gasteiger partial charge in [0.2, 0.25) is 0 Å². The smallest absolute Gasteiger partial charge is 0.253 e. The number of hydrogen-bond donors (Lipinski definition) is 1. The van der Waals surface area contributed by atoms with E-state index in [1.807, 2.05) is 0 Å². The van der Waals surface area contributed by atoms with Gasteiger partial charge in [0, 0.05) is 56.2 Å². The maximum atomic E-state index is 13.6. The summed E-state index contributed by atoms with van der Waals surface area (Å²) in [6.07, 6.45) is 5.97. The van der Waals surface area contributed by atoms with Gasteiger partial charge in [0.1, 0.15) is 5.82 Å². The first kappa shape index (κ1) is 20.2. The molecule has 7 nitrogen and oxygen atoms in total. The largest absolute Gasteiger partial charge is 0.347 e. The van der Waals surface area contributed by atoms with Crippen LogP contribution in [0.4, 0.5) is 4.39 Å². The van der Waals surface area contributed by atoms with Gasteiger partial charge in [-0.1, -0.05) is 0 Å². The zero-order chi connectivity index (χ0) is 21.1. The molecule has 1 aliphatic rings. The predicted octanol–water partition coefficient (Wildman–Crippen LogP) is 2.22. The fraction of sp³-hybridized carbons (Fsp3) is 0.364. The molecule has 1 fully saturated rings. The molecule has 0 saturated carbocycles. The van der Waals surface area contributed by atoms with Gasteiger partial charge in [-0.25, -0.2) is 4.39 Å². The van der Waals surface area contributed by atoms with Crippen LogP contribution in [0.2, 0.25) is 0 Å². The van der Waals surface area contributed by atoms with Crippen molar-refractivity contribution in [3.05, 3.63) is 70.7 Å². The highest BCUT2D eigenvalue weighted by Crippen LogP contribution is 2.22. The molecule has 3 aromatic heterocycles. The number of aromatic nitrogens is 3. The standard InChI is InChI=1S/C22H24FN5O2/c1-22(26-21(30)16-3-2-8-24-14-16)6-9-27(10-7-22)11-12-28-19-13-17(23)15-25-18(19)4-5-20(28)29/h2-5,8,13-15H,6-7,9-12H2,1H3,(H,26,30). The van der Waals surface area contributed by atoms with E-state index in [0.717, 1.165) is 32.1 Å². The van der Waals surface area contributed by atoms with Crippen LogP contribution in [-0.4, -0.2) is 50.5 Å². The molecule has 1 amide bonds. The molecule has 0 unspecified atom stereocenters. The molecule has 1 N–H and O–H groups in total. The summed E-state index contributed by atoms with van der Waals surface area (Å²) < 4.78 is 15.2. The van der Waals surface area contributed by atoms with E-state index in [2.05, 4.69) is 27.1 Å². The lowest BCUT2D eigenvalue weighted by Gasteiger charge is -2.40. The second-order valence-corrected chi connectivity index (χ2v) is 7.98. The first-order valence-electron chi connectivity index (χ1n) is 10.0. The fourth-order valence-corrected chi connectivity index (χ4v) is 3.85. The first-order valence-corrected chi connectivity index (χ1v) is 10.0. The number of likely N-dealkylation sites (tertiary alicyclic amines) is 1. The molecular weight excluding hydrogens is 385 g/mol. The van der Waals surface area contributed by atoms with E-state index in [4.69, 9.17) is 0 Å². The molecule has 0 aliphatic carbocycles. The Hall–Kier alpha value is -3.13. The lowest BCUT2D eigenvalue weighted by molar-refractivity contribution is 0.0831. The maximum absolute atomic E-state index is 13.6. The summed E-state index contributed by atoms with van der Waals surface area (Å²) in [7, 11) is 0. The van der Waals surface area contributed by atoms with Crippen LogP contribution in [0.25, 0.3) is 11.0 Å². The number of halogens is 1. The summed E-state index contributed by atoms with van der Waals surface area (Å²) >= 11 is 0. The molecule has 8 heteroatoms. The van der Waals surface area contributed by atoms with Crippen LogP contribution in [0.5, 0.6) is 0 Å². The van der Waals surface area contributed by atoms with E-state index in [-0.39, 0.29) is 17.0 Å². The lowest BCUT2D eigenvalue weighted by atomic mass is 9.89. The quantitative estimate of drug-likeness (QED) is 0.699. The van der Waals surface area contributed by atoms with Crippen molar-refractivity contribution in [1.82, 2.24) is 24.8 Å². The van der Waals surface area contributed by atoms with Crippen LogP contribution in [0.15, 0.2) is 53.7 Å². The van der Waals surface area contributed by atoms with Crippen molar-refractivity contribution in [2.24, 2.45) is 0 Å². The third kappa shape index (κ3) is 4.38. The lowest BCUT2D eigenvalue weighted by Crippen LogP contribution is -2.53. The molecule has 0 aromatic carbocycles. The molecule has 156 valence electrons. The summed E-state index contributed by atoms with van der Waals surface area (Å²) in [4.78, 5) is 35.1. The highest BCUT2D eigenvalue weighted by Gasteiger charge is 2.31. The highest BCUT2D eigenvalue weighted by molar-refractivity contribution is 5.94. The van der Waals surface area contributed by atoms with Gasteiger partial charge in [-0.15, -0.1) is 0 Å². The number of rotatable bonds is 5. The highest BCUT2D eigenvalue weighted by atomic mass is 19.1. The summed E-state index contributed by atoms with van der Waals surface area (Å²) in [5.74, 6) is -0.573. The molecule has 4 rings (SSSR count). The van der Waals surface area contributed by atoms with Gasteiger partial charge in [0.15, 0.2) is 0 Å². The number of hydrogen-bond acceptors (Lipinski definition) is 5. The summed E-state index contributed by atoms with van der Waals surface area (Å²) in [5.41, 5.74) is 1.21. The monoisotopic (exact) mass is 409 g/mol. The topological polar surface area (TPSA) is 80.1 Å². The number of piperidine rings is 1. The van der Waals surface area contributed by atoms with Crippen molar-refractivity contribution in [2.75, 3.05) is 19.6 Å². The molecule has 3 aromatic rings. The number of nitrogens with zero attached hydrogens (tertiary/aromatic N) is 4. The number of carbonyl (C=O) groups is 1. The molecule has 4 heterocycles. The number of nitrogens with one attached hydrogen (secondary N) is 1. The van der Waals surface area contributed by atoms with Gasteiger partial charge in [-0.2, -0.15) is 0 Å². The average molecular weight is 409 g/mol. The molecule has 0 spiro atoms. The van der Waals surface area contributed by atoms with Crippen molar-refractivity contribution < 1.29 is 9.18 Å². The summed E-state index contributed by atoms with van der Waals surface area (Å²) in [6, 6.07) is 7.93. The molecule has 1 aliphatic heterocycles. The Kier molecular flexibility index (Phi) is 5.59. The number of amides is 1. The van der Waals surface area contributed by atoms with Gasteiger partial charge in [0.05, 0.1) is 22.8 Å². The van der Waals surface area contributed by atoms with E-state index in [1.165, 1.54) is 12.1 Å². The van der Waals surface area contributed by atoms with Gasteiger partial charge in [-0.3, -0.25) is 19.6 Å². The van der Waals surface area contributed by atoms with Crippen LogP contribution in [0, 0.1) is 5.82 Å². The van der Waals surface area contributed by atoms with Crippen LogP contribution in [-0.2, 0) is 6.54 Å². The number of fused-ring (bicyclic) bond motifs is 1. The SMILES string of the molecule is CC1(NC(=O)c2cccnc2)CCN(CCn2c(=O)ccc3ncc(F)cc32)CC1. The molecule has 30 heavy (non-hydrogen) atoms. The fourth-order valence-electron chi connectivity index (χ4n) is 3.85. The second kappa shape index (κ2) is 8.31. The normalized spacial score (nSPS) is 16.5. The molecule has 0 radical (unpaired) electrons. The van der Waals surface area contributed by atoms with Crippen molar-refractivity contribution in [1.29, 1.82) is 0 Å². The predicted molar refractivity (Wildman–Crippen MR) is 112 cm³/mol. The Morgan fingerprint density at radius 1 is 1.20 bits per heavy atom. The average Bonchev–Trinajstić information content (AvgIpc) is 2.75. The minimum atomic E-state index is -0.458. The van der Waals surface area contributed by atoms with Crippen molar-refractivity contribution in [3.63, 3.8) is 0 Å². The van der Waals surface area contributed by atoms with Crippen molar-refractivity contribution in [2.45, 2.75) is 31.8 Å². The molecular formula is C22H24FN5O2. The van der Waals surface area contributed by atoms with Crippen molar-refractivity contribution >= 4 is 16.9 Å². The van der Waals surface area contributed by atoms with E-state index in [9.17, 15) is 14.0 Å². The van der Waals surface area contributed by atoms with Crippen LogP contribution < -0.4 is 10.9 Å². The second-order valence-electron chi connectivity index (χ2n) is 7.98. The Bertz CT molecular complexity index is 1110. The third-order valence-electron chi connectivity index (χ3n) is 5.74. The van der Waals surface area contributed by atoms with E-state index in [0.29, 0.717) is 29.7 Å². The maximum Gasteiger partial charge on any atom is 0.253 e. The Morgan fingerprint density at radius 2 is 2.00 bits per heavy atom. The Balaban J connectivity index is 1.37. The number of carbonyl (C=O) groups excluding carboxylic acids is 1. The van der Waals surface area contributed by atoms with E-state index >= 15 is 0 Å². The van der Waals surface area contributed by atoms with Gasteiger partial charge < -0.3 is 14.8 Å². The summed E-state index contributed by atoms with van der Waals surface area (Å²) in [5, 5.41) is 3.13. The van der Waals surface area contributed by atoms with E-state index in [1.54, 1.807) is 35.2 Å². The molecule has 1 saturated heterocycles. The minimum absolute atomic E-state index is 0.115. The van der Waals surface area contributed by atoms with E-state index < -0.39 is 5.82 Å². The Labute approximate surface area is 173 Å². The Morgan fingerprint density at radius 3 is 2.73 bits per heavy atom. The van der Waals surface area contributed by atoms with Gasteiger partial charge in [-0.05, 0) is 38.0 Å². The molecule has 0 bridgehead atoms. The zero-order valence-electron chi connectivity index (χ0n) is 16.8. The van der Waals surface area contributed by atoms with Crippen molar-refractivity contribution in [3.8, 4) is 0 Å². The van der Waals surface area contributed by atoms with Gasteiger partial charge >= 0.3 is 0 Å². The first-order chi connectivity index (χ1) is 14.4. The molecule has 0 atom stereocenters. The number of pyridine rings is 3. The van der Waals surface area contributed by atoms with Gasteiger partial charge in [0.25, 0.3) is 11.5 Å². The third-order valence-corrected chi connectivity index (χ3v) is 5.74.